The van der Waals surface area contributed by atoms with Gasteiger partial charge in [-0.2, -0.15) is 18.7 Å². The molecule has 0 aliphatic carbocycles. The zero-order chi connectivity index (χ0) is 28.7. The van der Waals surface area contributed by atoms with Crippen LogP contribution in [0.3, 0.4) is 0 Å². The van der Waals surface area contributed by atoms with Crippen molar-refractivity contribution in [2.24, 2.45) is 5.73 Å². The summed E-state index contributed by atoms with van der Waals surface area (Å²) in [7, 11) is 1.53. The molecule has 4 N–H and O–H groups in total. The van der Waals surface area contributed by atoms with Crippen LogP contribution in [-0.2, 0) is 27.3 Å². The fourth-order valence-electron chi connectivity index (χ4n) is 3.06. The summed E-state index contributed by atoms with van der Waals surface area (Å²) >= 11 is 0. The van der Waals surface area contributed by atoms with Crippen LogP contribution in [0.2, 0.25) is 0 Å². The second-order valence-corrected chi connectivity index (χ2v) is 9.18. The lowest BCUT2D eigenvalue weighted by atomic mass is 10.0. The van der Waals surface area contributed by atoms with Crippen LogP contribution in [0, 0.1) is 5.41 Å². The summed E-state index contributed by atoms with van der Waals surface area (Å²) in [6.07, 6.45) is -5.63. The molecule has 206 valence electrons. The van der Waals surface area contributed by atoms with E-state index in [9.17, 15) is 27.6 Å². The Morgan fingerprint density at radius 3 is 2.32 bits per heavy atom. The standard InChI is InChI=1S/C25H29F3N4O6/c1-24(2,3)37-23(35)32(4)14-18-9-8-17(21(33)31-38-22(34)25(26,27)28)12-15(18)10-11-36-19-7-5-6-16(13-19)20(29)30/h5-9,12-13H,10-11,14H2,1-4H3,(H3,29,30)(H,31,33). The van der Waals surface area contributed by atoms with Crippen LogP contribution >= 0.6 is 0 Å². The van der Waals surface area contributed by atoms with Crippen molar-refractivity contribution in [3.8, 4) is 5.75 Å². The molecule has 0 aliphatic rings. The zero-order valence-corrected chi connectivity index (χ0v) is 21.3. The number of amides is 2. The minimum Gasteiger partial charge on any atom is -0.493 e. The number of hydroxylamine groups is 1. The monoisotopic (exact) mass is 538 g/mol. The first-order chi connectivity index (χ1) is 17.6. The van der Waals surface area contributed by atoms with Gasteiger partial charge in [-0.25, -0.2) is 9.59 Å². The number of carbonyl (C=O) groups is 3. The third kappa shape index (κ3) is 9.30. The van der Waals surface area contributed by atoms with Crippen LogP contribution in [-0.4, -0.2) is 54.1 Å². The molecule has 0 heterocycles. The van der Waals surface area contributed by atoms with Crippen LogP contribution in [0.4, 0.5) is 18.0 Å². The van der Waals surface area contributed by atoms with Gasteiger partial charge >= 0.3 is 18.2 Å². The lowest BCUT2D eigenvalue weighted by Gasteiger charge is -2.25. The summed E-state index contributed by atoms with van der Waals surface area (Å²) in [6.45, 7) is 5.37. The van der Waals surface area contributed by atoms with E-state index in [1.54, 1.807) is 45.0 Å². The molecule has 0 fully saturated rings. The molecule has 2 rings (SSSR count). The number of nitrogens with one attached hydrogen (secondary N) is 2. The first-order valence-electron chi connectivity index (χ1n) is 11.3. The Kier molecular flexibility index (Phi) is 9.69. The third-order valence-corrected chi connectivity index (χ3v) is 4.83. The molecule has 2 aromatic carbocycles. The van der Waals surface area contributed by atoms with Crippen molar-refractivity contribution in [2.75, 3.05) is 13.7 Å². The van der Waals surface area contributed by atoms with Gasteiger partial charge in [0.05, 0.1) is 6.61 Å². The third-order valence-electron chi connectivity index (χ3n) is 4.83. The van der Waals surface area contributed by atoms with Crippen molar-refractivity contribution in [3.05, 3.63) is 64.7 Å². The van der Waals surface area contributed by atoms with Gasteiger partial charge in [-0.15, -0.1) is 0 Å². The van der Waals surface area contributed by atoms with Crippen molar-refractivity contribution in [1.82, 2.24) is 10.4 Å². The molecule has 13 heteroatoms. The number of rotatable bonds is 8. The predicted molar refractivity (Wildman–Crippen MR) is 130 cm³/mol. The van der Waals surface area contributed by atoms with Gasteiger partial charge in [0.1, 0.15) is 17.2 Å². The van der Waals surface area contributed by atoms with Crippen molar-refractivity contribution < 1.29 is 41.9 Å². The Balaban J connectivity index is 2.22. The van der Waals surface area contributed by atoms with Crippen LogP contribution in [0.5, 0.6) is 5.75 Å². The summed E-state index contributed by atoms with van der Waals surface area (Å²) in [6, 6.07) is 10.8. The number of ether oxygens (including phenoxy) is 2. The van der Waals surface area contributed by atoms with Gasteiger partial charge in [0.15, 0.2) is 0 Å². The number of nitrogen functional groups attached to an aromatic ring is 1. The van der Waals surface area contributed by atoms with E-state index in [4.69, 9.17) is 20.6 Å². The van der Waals surface area contributed by atoms with Gasteiger partial charge in [0, 0.05) is 31.1 Å². The maximum absolute atomic E-state index is 12.4. The summed E-state index contributed by atoms with van der Waals surface area (Å²) in [5.41, 5.74) is 7.80. The normalized spacial score (nSPS) is 11.3. The molecule has 0 unspecified atom stereocenters. The van der Waals surface area contributed by atoms with Gasteiger partial charge in [-0.3, -0.25) is 10.2 Å². The molecule has 0 radical (unpaired) electrons. The molecule has 0 saturated heterocycles. The average Bonchev–Trinajstić information content (AvgIpc) is 2.81. The van der Waals surface area contributed by atoms with Gasteiger partial charge in [-0.1, -0.05) is 18.2 Å². The maximum atomic E-state index is 12.4. The first-order valence-corrected chi connectivity index (χ1v) is 11.3. The molecule has 38 heavy (non-hydrogen) atoms. The second kappa shape index (κ2) is 12.3. The molecular formula is C25H29F3N4O6. The topological polar surface area (TPSA) is 144 Å². The molecule has 0 aliphatic heterocycles. The van der Waals surface area contributed by atoms with Crippen molar-refractivity contribution in [1.29, 1.82) is 5.41 Å². The fourth-order valence-corrected chi connectivity index (χ4v) is 3.06. The van der Waals surface area contributed by atoms with E-state index in [0.29, 0.717) is 22.4 Å². The molecule has 0 spiro atoms. The number of nitrogens with zero attached hydrogens (tertiary/aromatic N) is 1. The summed E-state index contributed by atoms with van der Waals surface area (Å²) in [4.78, 5) is 40.8. The highest BCUT2D eigenvalue weighted by molar-refractivity contribution is 5.95. The molecule has 2 aromatic rings. The minimum atomic E-state index is -5.27. The molecule has 2 amide bonds. The van der Waals surface area contributed by atoms with Crippen LogP contribution in [0.25, 0.3) is 0 Å². The number of halogens is 3. The number of benzene rings is 2. The fraction of sp³-hybridized carbons (Fsp3) is 0.360. The molecular weight excluding hydrogens is 509 g/mol. The lowest BCUT2D eigenvalue weighted by Crippen LogP contribution is -2.35. The SMILES string of the molecule is CN(Cc1ccc(C(=O)NOC(=O)C(F)(F)F)cc1CCOc1cccc(C(=N)N)c1)C(=O)OC(C)(C)C. The Bertz CT molecular complexity index is 1190. The van der Waals surface area contributed by atoms with Gasteiger partial charge in [0.2, 0.25) is 0 Å². The van der Waals surface area contributed by atoms with E-state index in [0.717, 1.165) is 0 Å². The number of alkyl halides is 3. The first kappa shape index (κ1) is 29.9. The maximum Gasteiger partial charge on any atom is 0.493 e. The second-order valence-electron chi connectivity index (χ2n) is 9.18. The van der Waals surface area contributed by atoms with Crippen molar-refractivity contribution >= 4 is 23.8 Å². The van der Waals surface area contributed by atoms with Gasteiger partial charge < -0.3 is 24.9 Å². The van der Waals surface area contributed by atoms with Crippen molar-refractivity contribution in [3.63, 3.8) is 0 Å². The Hall–Kier alpha value is -4.29. The Labute approximate surface area is 217 Å². The van der Waals surface area contributed by atoms with Crippen LogP contribution in [0.1, 0.15) is 47.8 Å². The van der Waals surface area contributed by atoms with Gasteiger partial charge in [0.25, 0.3) is 5.91 Å². The number of nitrogens with two attached hydrogens (primary N) is 1. The molecule has 0 saturated carbocycles. The van der Waals surface area contributed by atoms with E-state index in [2.05, 4.69) is 4.84 Å². The summed E-state index contributed by atoms with van der Waals surface area (Å²) in [5.74, 6) is -3.33. The average molecular weight is 539 g/mol. The summed E-state index contributed by atoms with van der Waals surface area (Å²) in [5, 5.41) is 7.53. The molecule has 10 nitrogen and oxygen atoms in total. The number of carbonyl (C=O) groups excluding carboxylic acids is 3. The lowest BCUT2D eigenvalue weighted by molar-refractivity contribution is -0.204. The van der Waals surface area contributed by atoms with E-state index in [1.165, 1.54) is 35.6 Å². The predicted octanol–water partition coefficient (Wildman–Crippen LogP) is 3.71. The number of amidine groups is 1. The van der Waals surface area contributed by atoms with E-state index in [1.807, 2.05) is 0 Å². The minimum absolute atomic E-state index is 0.0859. The van der Waals surface area contributed by atoms with E-state index < -0.39 is 29.7 Å². The number of hydrogen-bond acceptors (Lipinski definition) is 7. The van der Waals surface area contributed by atoms with E-state index >= 15 is 0 Å². The zero-order valence-electron chi connectivity index (χ0n) is 21.3. The number of hydrogen-bond donors (Lipinski definition) is 3. The smallest absolute Gasteiger partial charge is 0.493 e. The highest BCUT2D eigenvalue weighted by Gasteiger charge is 2.42. The van der Waals surface area contributed by atoms with E-state index in [-0.39, 0.29) is 31.0 Å². The van der Waals surface area contributed by atoms with Crippen LogP contribution < -0.4 is 16.0 Å². The molecule has 0 atom stereocenters. The Morgan fingerprint density at radius 1 is 1.03 bits per heavy atom. The largest absolute Gasteiger partial charge is 0.493 e. The highest BCUT2D eigenvalue weighted by Crippen LogP contribution is 2.20. The van der Waals surface area contributed by atoms with Crippen LogP contribution in [0.15, 0.2) is 42.5 Å². The highest BCUT2D eigenvalue weighted by atomic mass is 19.4. The Morgan fingerprint density at radius 2 is 1.71 bits per heavy atom. The summed E-state index contributed by atoms with van der Waals surface area (Å²) < 4.78 is 48.2. The van der Waals surface area contributed by atoms with Crippen molar-refractivity contribution in [2.45, 2.75) is 45.5 Å². The van der Waals surface area contributed by atoms with Gasteiger partial charge in [-0.05, 0) is 56.2 Å². The quantitative estimate of drug-likeness (QED) is 0.264. The molecule has 0 aromatic heterocycles. The molecule has 0 bridgehead atoms.